The van der Waals surface area contributed by atoms with Crippen LogP contribution in [-0.2, 0) is 0 Å². The van der Waals surface area contributed by atoms with Gasteiger partial charge in [-0.2, -0.15) is 0 Å². The van der Waals surface area contributed by atoms with E-state index in [0.29, 0.717) is 0 Å². The van der Waals surface area contributed by atoms with Gasteiger partial charge in [-0.25, -0.2) is 0 Å². The predicted octanol–water partition coefficient (Wildman–Crippen LogP) is 5.22. The quantitative estimate of drug-likeness (QED) is 0.261. The van der Waals surface area contributed by atoms with Crippen molar-refractivity contribution in [3.63, 3.8) is 0 Å². The Kier molecular flexibility index (Phi) is 12.6. The predicted molar refractivity (Wildman–Crippen MR) is 68.8 cm³/mol. The maximum Gasteiger partial charge on any atom is -0.0126 e. The van der Waals surface area contributed by atoms with Crippen LogP contribution in [0, 0.1) is 6.58 Å². The second-order valence-corrected chi connectivity index (χ2v) is 3.99. The first-order valence-electron chi connectivity index (χ1n) is 6.30. The van der Waals surface area contributed by atoms with E-state index in [1.54, 1.807) is 0 Å². The van der Waals surface area contributed by atoms with E-state index in [4.69, 9.17) is 6.58 Å². The Morgan fingerprint density at radius 2 is 1.40 bits per heavy atom. The summed E-state index contributed by atoms with van der Waals surface area (Å²) in [6.07, 6.45) is 18.2. The van der Waals surface area contributed by atoms with Gasteiger partial charge < -0.3 is 0 Å². The third kappa shape index (κ3) is 13.3. The first-order chi connectivity index (χ1) is 7.41. The highest BCUT2D eigenvalue weighted by Crippen LogP contribution is 2.09. The van der Waals surface area contributed by atoms with Crippen molar-refractivity contribution in [3.05, 3.63) is 30.5 Å². The minimum Gasteiger partial charge on any atom is -0.125 e. The maximum absolute atomic E-state index is 5.14. The fourth-order valence-electron chi connectivity index (χ4n) is 1.64. The third-order valence-electron chi connectivity index (χ3n) is 2.57. The first kappa shape index (κ1) is 14.3. The molecule has 0 aromatic carbocycles. The van der Waals surface area contributed by atoms with Crippen molar-refractivity contribution in [1.29, 1.82) is 0 Å². The van der Waals surface area contributed by atoms with E-state index < -0.39 is 0 Å². The van der Waals surface area contributed by atoms with Crippen molar-refractivity contribution < 1.29 is 0 Å². The van der Waals surface area contributed by atoms with Crippen molar-refractivity contribution in [1.82, 2.24) is 0 Å². The molecule has 0 N–H and O–H groups in total. The lowest BCUT2D eigenvalue weighted by Gasteiger charge is -1.99. The van der Waals surface area contributed by atoms with Gasteiger partial charge in [0.05, 0.1) is 0 Å². The molecule has 0 heteroatoms. The molecular formula is C15H25. The van der Waals surface area contributed by atoms with Gasteiger partial charge in [-0.05, 0) is 45.3 Å². The molecule has 0 saturated carbocycles. The molecule has 85 valence electrons. The maximum atomic E-state index is 5.14. The molecule has 0 saturated heterocycles. The summed E-state index contributed by atoms with van der Waals surface area (Å²) in [5, 5.41) is 0. The van der Waals surface area contributed by atoms with Crippen molar-refractivity contribution in [3.8, 4) is 0 Å². The van der Waals surface area contributed by atoms with Crippen molar-refractivity contribution in [2.75, 3.05) is 0 Å². The number of allylic oxidation sites excluding steroid dienone is 3. The van der Waals surface area contributed by atoms with Gasteiger partial charge in [0.1, 0.15) is 0 Å². The lowest BCUT2D eigenvalue weighted by Crippen LogP contribution is -1.80. The molecule has 0 spiro atoms. The minimum atomic E-state index is 1.10. The van der Waals surface area contributed by atoms with Crippen LogP contribution in [-0.4, -0.2) is 0 Å². The van der Waals surface area contributed by atoms with Crippen LogP contribution in [0.3, 0.4) is 0 Å². The molecule has 1 radical (unpaired) electrons. The smallest absolute Gasteiger partial charge is 0.0126 e. The summed E-state index contributed by atoms with van der Waals surface area (Å²) in [5.41, 5.74) is 2.57. The Labute approximate surface area is 95.8 Å². The highest BCUT2D eigenvalue weighted by molar-refractivity contribution is 4.76. The van der Waals surface area contributed by atoms with Crippen molar-refractivity contribution in [2.45, 2.75) is 64.7 Å². The summed E-state index contributed by atoms with van der Waals surface area (Å²) in [6, 6.07) is 0. The Bertz CT molecular complexity index is 182. The van der Waals surface area contributed by atoms with Gasteiger partial charge in [0, 0.05) is 0 Å². The molecule has 0 aromatic heterocycles. The largest absolute Gasteiger partial charge is 0.125 e. The Hall–Kier alpha value is -0.740. The van der Waals surface area contributed by atoms with Gasteiger partial charge in [0.2, 0.25) is 0 Å². The summed E-state index contributed by atoms with van der Waals surface area (Å²) in [5.74, 6) is 0. The van der Waals surface area contributed by atoms with Gasteiger partial charge in [0.15, 0.2) is 0 Å². The van der Waals surface area contributed by atoms with E-state index in [1.165, 1.54) is 51.4 Å². The van der Waals surface area contributed by atoms with Crippen molar-refractivity contribution >= 4 is 0 Å². The fourth-order valence-corrected chi connectivity index (χ4v) is 1.64. The van der Waals surface area contributed by atoms with Crippen LogP contribution in [0.25, 0.3) is 0 Å². The molecule has 0 aliphatic carbocycles. The number of hydrogen-bond acceptors (Lipinski definition) is 0. The van der Waals surface area contributed by atoms with Crippen LogP contribution in [0.5, 0.6) is 0 Å². The average molecular weight is 205 g/mol. The summed E-state index contributed by atoms with van der Waals surface area (Å²) < 4.78 is 0. The average Bonchev–Trinajstić information content (AvgIpc) is 2.26. The van der Waals surface area contributed by atoms with Crippen LogP contribution >= 0.6 is 0 Å². The molecule has 0 rings (SSSR count). The zero-order valence-corrected chi connectivity index (χ0v) is 10.2. The summed E-state index contributed by atoms with van der Waals surface area (Å²) in [7, 11) is 0. The van der Waals surface area contributed by atoms with E-state index in [-0.39, 0.29) is 0 Å². The molecule has 0 heterocycles. The lowest BCUT2D eigenvalue weighted by atomic mass is 10.1. The van der Waals surface area contributed by atoms with E-state index >= 15 is 0 Å². The van der Waals surface area contributed by atoms with E-state index in [2.05, 4.69) is 24.8 Å². The van der Waals surface area contributed by atoms with Gasteiger partial charge >= 0.3 is 0 Å². The first-order valence-corrected chi connectivity index (χ1v) is 6.30. The Morgan fingerprint density at radius 3 is 1.93 bits per heavy atom. The Morgan fingerprint density at radius 1 is 0.867 bits per heavy atom. The molecule has 0 atom stereocenters. The SMILES string of the molecule is [CH]=C=CCCCCCCCCCC=CC. The van der Waals surface area contributed by atoms with Gasteiger partial charge in [-0.1, -0.05) is 44.3 Å². The van der Waals surface area contributed by atoms with E-state index in [0.717, 1.165) is 6.42 Å². The normalized spacial score (nSPS) is 10.5. The van der Waals surface area contributed by atoms with Crippen LogP contribution in [0.15, 0.2) is 24.0 Å². The molecule has 15 heavy (non-hydrogen) atoms. The van der Waals surface area contributed by atoms with Crippen LogP contribution in [0.2, 0.25) is 0 Å². The summed E-state index contributed by atoms with van der Waals surface area (Å²) in [4.78, 5) is 0. The zero-order valence-electron chi connectivity index (χ0n) is 10.2. The second kappa shape index (κ2) is 13.3. The molecule has 0 aliphatic heterocycles. The second-order valence-electron chi connectivity index (χ2n) is 3.99. The summed E-state index contributed by atoms with van der Waals surface area (Å²) in [6.45, 7) is 7.23. The lowest BCUT2D eigenvalue weighted by molar-refractivity contribution is 0.583. The molecule has 0 aromatic rings. The molecule has 0 bridgehead atoms. The highest BCUT2D eigenvalue weighted by atomic mass is 14.0. The van der Waals surface area contributed by atoms with Crippen LogP contribution < -0.4 is 0 Å². The number of unbranched alkanes of at least 4 members (excludes halogenated alkanes) is 8. The van der Waals surface area contributed by atoms with Gasteiger partial charge in [-0.3, -0.25) is 0 Å². The summed E-state index contributed by atoms with van der Waals surface area (Å²) >= 11 is 0. The van der Waals surface area contributed by atoms with Crippen molar-refractivity contribution in [2.24, 2.45) is 0 Å². The fraction of sp³-hybridized carbons (Fsp3) is 0.667. The monoisotopic (exact) mass is 205 g/mol. The number of hydrogen-bond donors (Lipinski definition) is 0. The number of rotatable bonds is 10. The highest BCUT2D eigenvalue weighted by Gasteiger charge is 1.90. The topological polar surface area (TPSA) is 0 Å². The molecule has 0 fully saturated rings. The molecule has 0 unspecified atom stereocenters. The third-order valence-corrected chi connectivity index (χ3v) is 2.57. The molecular weight excluding hydrogens is 180 g/mol. The van der Waals surface area contributed by atoms with Gasteiger partial charge in [0.25, 0.3) is 0 Å². The van der Waals surface area contributed by atoms with E-state index in [9.17, 15) is 0 Å². The zero-order chi connectivity index (χ0) is 11.2. The molecule has 0 aliphatic rings. The van der Waals surface area contributed by atoms with Crippen LogP contribution in [0.4, 0.5) is 0 Å². The minimum absolute atomic E-state index is 1.10. The Balaban J connectivity index is 2.95. The van der Waals surface area contributed by atoms with Crippen LogP contribution in [0.1, 0.15) is 64.7 Å². The standard InChI is InChI=1S/C15H25/c1-3-5-7-9-11-13-15-14-12-10-8-6-4-2/h1,4-6H,7-15H2,2H3. The van der Waals surface area contributed by atoms with Gasteiger partial charge in [-0.15, -0.1) is 5.73 Å². The molecule has 0 nitrogen and oxygen atoms in total. The van der Waals surface area contributed by atoms with E-state index in [1.807, 2.05) is 6.08 Å². The molecule has 0 amide bonds.